The largest absolute Gasteiger partial charge is 1.00 e. The number of aryl methyl sites for hydroxylation is 2. The van der Waals surface area contributed by atoms with Crippen LogP contribution in [0.2, 0.25) is 0 Å². The van der Waals surface area contributed by atoms with Crippen molar-refractivity contribution in [3.63, 3.8) is 0 Å². The molecular weight excluding hydrogens is 1000 g/mol. The molecule has 0 spiro atoms. The predicted molar refractivity (Wildman–Crippen MR) is 282 cm³/mol. The first-order valence-electron chi connectivity index (χ1n) is 23.0. The van der Waals surface area contributed by atoms with Gasteiger partial charge in [-0.3, -0.25) is 4.79 Å². The summed E-state index contributed by atoms with van der Waals surface area (Å²) in [6, 6.07) is 34.5. The van der Waals surface area contributed by atoms with Crippen LogP contribution in [0.5, 0.6) is 0 Å². The maximum Gasteiger partial charge on any atom is 1.00 e. The fourth-order valence-corrected chi connectivity index (χ4v) is 12.5. The second-order valence-corrected chi connectivity index (χ2v) is 21.8. The van der Waals surface area contributed by atoms with Crippen molar-refractivity contribution in [1.82, 2.24) is 0 Å². The molecule has 6 aromatic rings. The van der Waals surface area contributed by atoms with Gasteiger partial charge in [0.15, 0.2) is 0 Å². The van der Waals surface area contributed by atoms with E-state index in [0.717, 1.165) is 61.5 Å². The molecule has 4 aromatic carbocycles. The molecule has 2 aromatic heterocycles. The number of thioether (sulfide) groups is 2. The molecule has 0 bridgehead atoms. The second-order valence-electron chi connectivity index (χ2n) is 17.6. The Labute approximate surface area is 460 Å². The zero-order valence-corrected chi connectivity index (χ0v) is 47.1. The average Bonchev–Trinajstić information content (AvgIpc) is 4.05. The number of carboxylic acids is 2. The van der Waals surface area contributed by atoms with Gasteiger partial charge < -0.3 is 44.8 Å². The minimum atomic E-state index is -1.28. The number of aliphatic hydroxyl groups excluding tert-OH is 3. The number of carbonyl (C=O) groups excluding carboxylic acids is 1. The standard InChI is InChI=1S/C29H32O5S2.C25H26O6S2.CH3O.Na/c1-16-6-7-22(27-28(35-5)26(34-19(4)30)17(2)18(3)33-27)14-23(16)15-24-12-13-25(36-24)20-8-10-21(11-9-20)29(31)32;1-13-3-4-16(23-21(27)20(26)22(28)25(31-23)32-2)11-17(13)12-18-9-10-19(33-18)14-5-7-15(8-6-14)24(29)30;1-2;/h6-14,17-18,26-28H,15H2,1-5H3,(H,31,32);3-11,20-23,25-28H,12H2,1-2H3,(H,29,30);1H3;/q;;-1;+1/t17-,18-,26+,27?,28-;20-,21-,22+,23?,25-;;/m11../s1. The molecule has 8 rings (SSSR count). The number of hydrogen-bond acceptors (Lipinski definition) is 14. The SMILES string of the molecule is CS[C@H]1C(c2ccc(C)c(Cc3ccc(-c4ccc(C(=O)O)cc4)s3)c2)O[C@H](C)[C@@H](C)[C@@H]1OC(C)=O.CS[C@H]1OC(c2ccc(C)c(Cc3ccc(-c4ccc(C(=O)O)cc4)s3)c2)[C@H](O)[C@@H](O)[C@@H]1O.C[O-].[Na+]. The van der Waals surface area contributed by atoms with Gasteiger partial charge in [0.2, 0.25) is 0 Å². The van der Waals surface area contributed by atoms with Crippen molar-refractivity contribution in [3.8, 4) is 20.9 Å². The van der Waals surface area contributed by atoms with Gasteiger partial charge in [-0.1, -0.05) is 67.6 Å². The molecule has 2 aliphatic heterocycles. The first kappa shape index (κ1) is 59.0. The van der Waals surface area contributed by atoms with Crippen molar-refractivity contribution in [2.75, 3.05) is 19.6 Å². The summed E-state index contributed by atoms with van der Waals surface area (Å²) in [5.74, 6) is -2.00. The Balaban J connectivity index is 0.000000256. The quantitative estimate of drug-likeness (QED) is 0.0611. The van der Waals surface area contributed by atoms with E-state index in [4.69, 9.17) is 29.5 Å². The number of aliphatic hydroxyl groups is 3. The van der Waals surface area contributed by atoms with Crippen LogP contribution in [-0.4, -0.2) is 104 Å². The van der Waals surface area contributed by atoms with Crippen LogP contribution >= 0.6 is 46.2 Å². The van der Waals surface area contributed by atoms with E-state index in [1.54, 1.807) is 65.0 Å². The fourth-order valence-electron chi connectivity index (χ4n) is 8.68. The molecule has 0 aliphatic carbocycles. The van der Waals surface area contributed by atoms with Gasteiger partial charge in [0.1, 0.15) is 36.0 Å². The van der Waals surface area contributed by atoms with E-state index in [2.05, 4.69) is 57.2 Å². The molecular formula is C55H61NaO12S4. The van der Waals surface area contributed by atoms with E-state index in [1.165, 1.54) is 34.7 Å². The van der Waals surface area contributed by atoms with E-state index in [0.29, 0.717) is 6.42 Å². The van der Waals surface area contributed by atoms with Crippen LogP contribution in [0.1, 0.15) is 96.8 Å². The zero-order chi connectivity index (χ0) is 51.7. The van der Waals surface area contributed by atoms with Crippen molar-refractivity contribution >= 4 is 64.1 Å². The van der Waals surface area contributed by atoms with Crippen LogP contribution in [-0.2, 0) is 31.8 Å². The molecule has 5 N–H and O–H groups in total. The van der Waals surface area contributed by atoms with Crippen LogP contribution in [0.15, 0.2) is 109 Å². The molecule has 2 aliphatic rings. The Hall–Kier alpha value is -3.85. The molecule has 2 fully saturated rings. The molecule has 0 amide bonds. The minimum absolute atomic E-state index is 0. The van der Waals surface area contributed by atoms with Gasteiger partial charge in [-0.05, 0) is 126 Å². The summed E-state index contributed by atoms with van der Waals surface area (Å²) in [5, 5.41) is 57.4. The van der Waals surface area contributed by atoms with Crippen molar-refractivity contribution in [1.29, 1.82) is 0 Å². The Morgan fingerprint density at radius 1 is 0.625 bits per heavy atom. The summed E-state index contributed by atoms with van der Waals surface area (Å²) in [7, 11) is 0.750. The Kier molecular flexibility index (Phi) is 22.2. The van der Waals surface area contributed by atoms with Gasteiger partial charge >= 0.3 is 47.5 Å². The maximum absolute atomic E-state index is 11.8. The smallest absolute Gasteiger partial charge is 0.857 e. The van der Waals surface area contributed by atoms with Gasteiger partial charge in [-0.2, -0.15) is 18.9 Å². The minimum Gasteiger partial charge on any atom is -0.857 e. The maximum atomic E-state index is 11.8. The predicted octanol–water partition coefficient (Wildman–Crippen LogP) is 6.61. The number of benzene rings is 4. The molecule has 17 heteroatoms. The van der Waals surface area contributed by atoms with Crippen LogP contribution in [0.3, 0.4) is 0 Å². The zero-order valence-electron chi connectivity index (χ0n) is 41.8. The monoisotopic (exact) mass is 1060 g/mol. The number of rotatable bonds is 13. The number of aromatic carboxylic acids is 2. The number of esters is 1. The fraction of sp³-hybridized carbons (Fsp3) is 0.364. The van der Waals surface area contributed by atoms with E-state index in [9.17, 15) is 29.7 Å². The second kappa shape index (κ2) is 27.1. The van der Waals surface area contributed by atoms with E-state index < -0.39 is 41.8 Å². The number of carbonyl (C=O) groups is 3. The summed E-state index contributed by atoms with van der Waals surface area (Å²) in [4.78, 5) is 38.6. The number of ether oxygens (including phenoxy) is 3. The number of hydrogen-bond donors (Lipinski definition) is 5. The Bertz CT molecular complexity index is 2740. The molecule has 0 saturated carbocycles. The third kappa shape index (κ3) is 14.3. The summed E-state index contributed by atoms with van der Waals surface area (Å²) in [6.45, 7) is 9.76. The average molecular weight is 1070 g/mol. The molecule has 10 atom stereocenters. The summed E-state index contributed by atoms with van der Waals surface area (Å²) in [6.07, 6.45) is 0.553. The Morgan fingerprint density at radius 3 is 1.50 bits per heavy atom. The molecule has 378 valence electrons. The van der Waals surface area contributed by atoms with E-state index in [1.807, 2.05) is 61.7 Å². The topological polar surface area (TPSA) is 203 Å². The molecule has 2 saturated heterocycles. The molecule has 2 unspecified atom stereocenters. The first-order valence-corrected chi connectivity index (χ1v) is 27.2. The van der Waals surface area contributed by atoms with Gasteiger partial charge in [-0.15, -0.1) is 34.4 Å². The number of carboxylic acid groups (broad SMARTS) is 2. The number of thiophene rings is 2. The third-order valence-corrected chi connectivity index (χ3v) is 17.1. The van der Waals surface area contributed by atoms with E-state index in [-0.39, 0.29) is 76.1 Å². The normalized spacial score (nSPS) is 23.6. The molecule has 72 heavy (non-hydrogen) atoms. The molecule has 4 heterocycles. The van der Waals surface area contributed by atoms with E-state index >= 15 is 0 Å². The van der Waals surface area contributed by atoms with Crippen LogP contribution < -0.4 is 34.7 Å². The van der Waals surface area contributed by atoms with Crippen molar-refractivity contribution in [2.45, 2.75) is 101 Å². The van der Waals surface area contributed by atoms with Gasteiger partial charge in [-0.25, -0.2) is 9.59 Å². The van der Waals surface area contributed by atoms with Crippen LogP contribution in [0.25, 0.3) is 20.9 Å². The molecule has 0 radical (unpaired) electrons. The van der Waals surface area contributed by atoms with Gasteiger partial charge in [0.05, 0.1) is 28.6 Å². The van der Waals surface area contributed by atoms with Crippen molar-refractivity contribution in [2.24, 2.45) is 5.92 Å². The van der Waals surface area contributed by atoms with Gasteiger partial charge in [0, 0.05) is 45.2 Å². The summed E-state index contributed by atoms with van der Waals surface area (Å²) >= 11 is 6.35. The van der Waals surface area contributed by atoms with Crippen LogP contribution in [0, 0.1) is 19.8 Å². The van der Waals surface area contributed by atoms with Crippen LogP contribution in [0.4, 0.5) is 0 Å². The summed E-state index contributed by atoms with van der Waals surface area (Å²) in [5.41, 5.74) is 8.41. The Morgan fingerprint density at radius 2 is 1.08 bits per heavy atom. The first-order chi connectivity index (χ1) is 34.0. The van der Waals surface area contributed by atoms with Crippen molar-refractivity contribution < 1.29 is 88.8 Å². The third-order valence-electron chi connectivity index (χ3n) is 12.9. The summed E-state index contributed by atoms with van der Waals surface area (Å²) < 4.78 is 18.2. The van der Waals surface area contributed by atoms with Gasteiger partial charge in [0.25, 0.3) is 0 Å². The molecule has 12 nitrogen and oxygen atoms in total. The van der Waals surface area contributed by atoms with Crippen molar-refractivity contribution in [3.05, 3.63) is 163 Å².